The molecule has 4 heteroatoms. The Morgan fingerprint density at radius 2 is 2.23 bits per heavy atom. The third kappa shape index (κ3) is 1.21. The van der Waals surface area contributed by atoms with E-state index in [4.69, 9.17) is 5.26 Å². The Bertz CT molecular complexity index is 512. The molecule has 0 radical (unpaired) electrons. The zero-order valence-electron chi connectivity index (χ0n) is 6.41. The third-order valence-electron chi connectivity index (χ3n) is 1.77. The molecule has 1 aromatic carbocycles. The summed E-state index contributed by atoms with van der Waals surface area (Å²) in [5, 5.41) is 20.8. The molecule has 0 spiro atoms. The van der Waals surface area contributed by atoms with E-state index in [-0.39, 0.29) is 5.75 Å². The molecule has 0 aliphatic heterocycles. The molecule has 2 aromatic rings. The quantitative estimate of drug-likeness (QED) is 0.784. The Balaban J connectivity index is 2.98. The van der Waals surface area contributed by atoms with Crippen LogP contribution in [0.2, 0.25) is 0 Å². The Kier molecular flexibility index (Phi) is 1.98. The number of phenols is 1. The van der Waals surface area contributed by atoms with E-state index in [1.807, 2.05) is 0 Å². The van der Waals surface area contributed by atoms with Gasteiger partial charge in [0.05, 0.1) is 10.3 Å². The Hall–Kier alpha value is -1.05. The molecule has 0 fully saturated rings. The molecule has 0 unspecified atom stereocenters. The lowest BCUT2D eigenvalue weighted by Crippen LogP contribution is -1.73. The highest BCUT2D eigenvalue weighted by molar-refractivity contribution is 9.10. The number of phenolic OH excluding ortho intramolecular Hbond substituents is 1. The van der Waals surface area contributed by atoms with Crippen molar-refractivity contribution in [2.24, 2.45) is 0 Å². The number of hydrogen-bond donors (Lipinski definition) is 1. The molecular weight excluding hydrogens is 250 g/mol. The average molecular weight is 254 g/mol. The first-order valence-electron chi connectivity index (χ1n) is 3.53. The summed E-state index contributed by atoms with van der Waals surface area (Å²) in [6, 6.07) is 5.44. The minimum Gasteiger partial charge on any atom is -0.506 e. The summed E-state index contributed by atoms with van der Waals surface area (Å²) in [7, 11) is 0. The van der Waals surface area contributed by atoms with Crippen LogP contribution in [0.3, 0.4) is 0 Å². The number of fused-ring (bicyclic) bond motifs is 1. The van der Waals surface area contributed by atoms with E-state index in [2.05, 4.69) is 22.0 Å². The van der Waals surface area contributed by atoms with Crippen LogP contribution in [0.1, 0.15) is 5.56 Å². The summed E-state index contributed by atoms with van der Waals surface area (Å²) >= 11 is 4.72. The largest absolute Gasteiger partial charge is 0.506 e. The van der Waals surface area contributed by atoms with Crippen LogP contribution in [-0.2, 0) is 0 Å². The Morgan fingerprint density at radius 1 is 1.46 bits per heavy atom. The van der Waals surface area contributed by atoms with Gasteiger partial charge in [-0.25, -0.2) is 0 Å². The smallest absolute Gasteiger partial charge is 0.133 e. The number of thiophene rings is 1. The van der Waals surface area contributed by atoms with Gasteiger partial charge in [0.1, 0.15) is 11.8 Å². The molecule has 0 aliphatic rings. The monoisotopic (exact) mass is 253 g/mol. The van der Waals surface area contributed by atoms with Gasteiger partial charge in [-0.1, -0.05) is 15.9 Å². The van der Waals surface area contributed by atoms with Gasteiger partial charge in [-0.15, -0.1) is 11.3 Å². The maximum atomic E-state index is 9.48. The zero-order valence-corrected chi connectivity index (χ0v) is 8.82. The first kappa shape index (κ1) is 8.54. The van der Waals surface area contributed by atoms with Crippen molar-refractivity contribution >= 4 is 37.4 Å². The SMILES string of the molecule is N#Cc1csc2c(O)ccc(Br)c12. The minimum absolute atomic E-state index is 0.227. The maximum absolute atomic E-state index is 9.48. The van der Waals surface area contributed by atoms with Crippen molar-refractivity contribution in [3.05, 3.63) is 27.5 Å². The van der Waals surface area contributed by atoms with Gasteiger partial charge >= 0.3 is 0 Å². The molecule has 2 rings (SSSR count). The van der Waals surface area contributed by atoms with Crippen LogP contribution < -0.4 is 0 Å². The van der Waals surface area contributed by atoms with Gasteiger partial charge in [0.25, 0.3) is 0 Å². The van der Waals surface area contributed by atoms with Crippen molar-refractivity contribution < 1.29 is 5.11 Å². The van der Waals surface area contributed by atoms with E-state index in [1.54, 1.807) is 17.5 Å². The normalized spacial score (nSPS) is 10.2. The van der Waals surface area contributed by atoms with Gasteiger partial charge in [-0.3, -0.25) is 0 Å². The first-order valence-corrected chi connectivity index (χ1v) is 5.20. The van der Waals surface area contributed by atoms with Gasteiger partial charge < -0.3 is 5.11 Å². The Morgan fingerprint density at radius 3 is 2.92 bits per heavy atom. The maximum Gasteiger partial charge on any atom is 0.133 e. The molecule has 2 nitrogen and oxygen atoms in total. The van der Waals surface area contributed by atoms with E-state index >= 15 is 0 Å². The fourth-order valence-corrected chi connectivity index (χ4v) is 2.78. The molecule has 0 saturated heterocycles. The molecule has 0 amide bonds. The Labute approximate surface area is 87.2 Å². The minimum atomic E-state index is 0.227. The molecule has 13 heavy (non-hydrogen) atoms. The number of benzene rings is 1. The summed E-state index contributed by atoms with van der Waals surface area (Å²) in [6.07, 6.45) is 0. The first-order chi connectivity index (χ1) is 6.24. The summed E-state index contributed by atoms with van der Waals surface area (Å²) in [5.41, 5.74) is 0.600. The second kappa shape index (κ2) is 3.02. The van der Waals surface area contributed by atoms with Crippen molar-refractivity contribution in [2.45, 2.75) is 0 Å². The van der Waals surface area contributed by atoms with E-state index in [0.717, 1.165) is 14.6 Å². The summed E-state index contributed by atoms with van der Waals surface area (Å²) in [6.45, 7) is 0. The fraction of sp³-hybridized carbons (Fsp3) is 0. The van der Waals surface area contributed by atoms with E-state index in [0.29, 0.717) is 5.56 Å². The molecule has 1 aromatic heterocycles. The van der Waals surface area contributed by atoms with E-state index in [9.17, 15) is 5.11 Å². The number of rotatable bonds is 0. The van der Waals surface area contributed by atoms with Gasteiger partial charge in [-0.05, 0) is 12.1 Å². The van der Waals surface area contributed by atoms with Gasteiger partial charge in [0.15, 0.2) is 0 Å². The second-order valence-electron chi connectivity index (χ2n) is 2.53. The molecule has 0 atom stereocenters. The molecule has 0 aliphatic carbocycles. The molecule has 64 valence electrons. The van der Waals surface area contributed by atoms with Crippen LogP contribution in [0, 0.1) is 11.3 Å². The predicted octanol–water partition coefficient (Wildman–Crippen LogP) is 3.24. The number of nitrogens with zero attached hydrogens (tertiary/aromatic N) is 1. The van der Waals surface area contributed by atoms with Crippen molar-refractivity contribution in [3.63, 3.8) is 0 Å². The van der Waals surface area contributed by atoms with Crippen LogP contribution in [0.4, 0.5) is 0 Å². The standard InChI is InChI=1S/C9H4BrNOS/c10-6-1-2-7(12)9-8(6)5(3-11)4-13-9/h1-2,4,12H. The molecule has 1 N–H and O–H groups in total. The van der Waals surface area contributed by atoms with Gasteiger partial charge in [0.2, 0.25) is 0 Å². The second-order valence-corrected chi connectivity index (χ2v) is 4.27. The lowest BCUT2D eigenvalue weighted by atomic mass is 10.2. The topological polar surface area (TPSA) is 44.0 Å². The summed E-state index contributed by atoms with van der Waals surface area (Å²) < 4.78 is 1.60. The zero-order chi connectivity index (χ0) is 9.42. The van der Waals surface area contributed by atoms with E-state index in [1.165, 1.54) is 11.3 Å². The van der Waals surface area contributed by atoms with Gasteiger partial charge in [-0.2, -0.15) is 5.26 Å². The predicted molar refractivity (Wildman–Crippen MR) is 55.9 cm³/mol. The molecular formula is C9H4BrNOS. The lowest BCUT2D eigenvalue weighted by molar-refractivity contribution is 0.482. The highest BCUT2D eigenvalue weighted by Crippen LogP contribution is 2.37. The summed E-state index contributed by atoms with van der Waals surface area (Å²) in [4.78, 5) is 0. The van der Waals surface area contributed by atoms with Crippen LogP contribution in [0.25, 0.3) is 10.1 Å². The van der Waals surface area contributed by atoms with Crippen molar-refractivity contribution in [1.29, 1.82) is 5.26 Å². The average Bonchev–Trinajstić information content (AvgIpc) is 2.56. The summed E-state index contributed by atoms with van der Waals surface area (Å²) in [5.74, 6) is 0.227. The van der Waals surface area contributed by atoms with E-state index < -0.39 is 0 Å². The van der Waals surface area contributed by atoms with Crippen molar-refractivity contribution in [1.82, 2.24) is 0 Å². The van der Waals surface area contributed by atoms with Crippen LogP contribution >= 0.6 is 27.3 Å². The highest BCUT2D eigenvalue weighted by Gasteiger charge is 2.10. The van der Waals surface area contributed by atoms with Crippen molar-refractivity contribution in [3.8, 4) is 11.8 Å². The number of aromatic hydroxyl groups is 1. The van der Waals surface area contributed by atoms with Crippen molar-refractivity contribution in [2.75, 3.05) is 0 Å². The van der Waals surface area contributed by atoms with Crippen LogP contribution in [-0.4, -0.2) is 5.11 Å². The molecule has 1 heterocycles. The molecule has 0 saturated carbocycles. The number of nitriles is 1. The third-order valence-corrected chi connectivity index (χ3v) is 3.43. The van der Waals surface area contributed by atoms with Crippen LogP contribution in [0.15, 0.2) is 22.0 Å². The lowest BCUT2D eigenvalue weighted by Gasteiger charge is -1.96. The highest BCUT2D eigenvalue weighted by atomic mass is 79.9. The fourth-order valence-electron chi connectivity index (χ4n) is 1.18. The molecule has 0 bridgehead atoms. The number of halogens is 1. The van der Waals surface area contributed by atoms with Crippen LogP contribution in [0.5, 0.6) is 5.75 Å². The van der Waals surface area contributed by atoms with Gasteiger partial charge in [0, 0.05) is 15.2 Å². The number of hydrogen-bond acceptors (Lipinski definition) is 3.